The van der Waals surface area contributed by atoms with Crippen molar-refractivity contribution in [1.82, 2.24) is 4.31 Å². The van der Waals surface area contributed by atoms with Crippen LogP contribution >= 0.6 is 11.6 Å². The first-order valence-electron chi connectivity index (χ1n) is 11.7. The van der Waals surface area contributed by atoms with E-state index in [2.05, 4.69) is 5.32 Å². The summed E-state index contributed by atoms with van der Waals surface area (Å²) in [5.74, 6) is -0.602. The number of anilines is 2. The summed E-state index contributed by atoms with van der Waals surface area (Å²) in [6.07, 6.45) is 0. The summed E-state index contributed by atoms with van der Waals surface area (Å²) in [5.41, 5.74) is 2.02. The maximum absolute atomic E-state index is 13.6. The fourth-order valence-electron chi connectivity index (χ4n) is 3.76. The minimum atomic E-state index is -4.11. The molecule has 3 aromatic carbocycles. The maximum atomic E-state index is 13.6. The number of sulfonamides is 2. The number of benzene rings is 3. The first-order valence-corrected chi connectivity index (χ1v) is 14.9. The normalized spacial score (nSPS) is 11.9. The molecule has 8 nitrogen and oxygen atoms in total. The van der Waals surface area contributed by atoms with Crippen LogP contribution in [-0.2, 0) is 24.8 Å². The molecule has 11 heteroatoms. The molecule has 0 unspecified atom stereocenters. The predicted octanol–water partition coefficient (Wildman–Crippen LogP) is 4.82. The Morgan fingerprint density at radius 1 is 0.811 bits per heavy atom. The van der Waals surface area contributed by atoms with Crippen LogP contribution in [0.5, 0.6) is 0 Å². The van der Waals surface area contributed by atoms with Crippen molar-refractivity contribution in [3.05, 3.63) is 82.9 Å². The number of nitrogens with one attached hydrogen (secondary N) is 1. The second-order valence-corrected chi connectivity index (χ2v) is 12.6. The highest BCUT2D eigenvalue weighted by atomic mass is 35.5. The number of carbonyl (C=O) groups is 1. The van der Waals surface area contributed by atoms with E-state index in [9.17, 15) is 21.6 Å². The third-order valence-corrected chi connectivity index (χ3v) is 10.1. The van der Waals surface area contributed by atoms with Crippen LogP contribution in [0, 0.1) is 13.8 Å². The largest absolute Gasteiger partial charge is 0.325 e. The monoisotopic (exact) mass is 563 g/mol. The molecule has 0 aromatic heterocycles. The lowest BCUT2D eigenvalue weighted by atomic mass is 10.2. The van der Waals surface area contributed by atoms with E-state index in [-0.39, 0.29) is 15.5 Å². The van der Waals surface area contributed by atoms with Crippen molar-refractivity contribution in [3.8, 4) is 0 Å². The Kier molecular flexibility index (Phi) is 9.01. The number of amides is 1. The van der Waals surface area contributed by atoms with E-state index >= 15 is 0 Å². The van der Waals surface area contributed by atoms with Crippen LogP contribution in [0.1, 0.15) is 25.0 Å². The van der Waals surface area contributed by atoms with E-state index in [1.165, 1.54) is 40.7 Å². The van der Waals surface area contributed by atoms with Gasteiger partial charge in [-0.25, -0.2) is 16.8 Å². The van der Waals surface area contributed by atoms with Gasteiger partial charge < -0.3 is 5.32 Å². The molecule has 1 amide bonds. The third-order valence-electron chi connectivity index (χ3n) is 5.89. The average molecular weight is 564 g/mol. The van der Waals surface area contributed by atoms with E-state index in [4.69, 9.17) is 11.6 Å². The van der Waals surface area contributed by atoms with Crippen LogP contribution in [-0.4, -0.2) is 46.7 Å². The van der Waals surface area contributed by atoms with Crippen LogP contribution in [0.3, 0.4) is 0 Å². The van der Waals surface area contributed by atoms with E-state index in [0.717, 1.165) is 9.87 Å². The fraction of sp³-hybridized carbons (Fsp3) is 0.269. The van der Waals surface area contributed by atoms with Crippen molar-refractivity contribution in [3.63, 3.8) is 0 Å². The Hall–Kier alpha value is -2.92. The molecular weight excluding hydrogens is 534 g/mol. The van der Waals surface area contributed by atoms with Gasteiger partial charge in [-0.1, -0.05) is 49.2 Å². The Labute approximate surface area is 224 Å². The molecule has 0 saturated heterocycles. The van der Waals surface area contributed by atoms with Gasteiger partial charge in [0.1, 0.15) is 6.54 Å². The number of hydrogen-bond donors (Lipinski definition) is 1. The van der Waals surface area contributed by atoms with E-state index in [0.29, 0.717) is 29.4 Å². The number of halogens is 1. The molecule has 37 heavy (non-hydrogen) atoms. The lowest BCUT2D eigenvalue weighted by Crippen LogP contribution is -2.38. The number of aryl methyl sites for hydroxylation is 1. The molecule has 0 saturated carbocycles. The summed E-state index contributed by atoms with van der Waals surface area (Å²) in [5, 5.41) is 3.03. The van der Waals surface area contributed by atoms with Crippen LogP contribution in [0.25, 0.3) is 0 Å². The van der Waals surface area contributed by atoms with Crippen LogP contribution in [0.4, 0.5) is 11.4 Å². The molecule has 3 aromatic rings. The van der Waals surface area contributed by atoms with Gasteiger partial charge in [0.05, 0.1) is 15.5 Å². The number of nitrogens with zero attached hydrogens (tertiary/aromatic N) is 2. The smallest absolute Gasteiger partial charge is 0.264 e. The van der Waals surface area contributed by atoms with E-state index in [1.54, 1.807) is 51.1 Å². The maximum Gasteiger partial charge on any atom is 0.264 e. The first kappa shape index (κ1) is 28.6. The topological polar surface area (TPSA) is 104 Å². The molecule has 0 radical (unpaired) electrons. The SMILES string of the molecule is CCN(CC)S(=O)(=O)c1ccc(NC(=O)CN(c2cccc(Cl)c2C)S(=O)(=O)c2ccc(C)cc2)cc1. The van der Waals surface area contributed by atoms with Crippen molar-refractivity contribution in [2.45, 2.75) is 37.5 Å². The summed E-state index contributed by atoms with van der Waals surface area (Å²) in [6, 6.07) is 17.0. The van der Waals surface area contributed by atoms with E-state index in [1.807, 2.05) is 6.92 Å². The lowest BCUT2D eigenvalue weighted by Gasteiger charge is -2.26. The Morgan fingerprint density at radius 3 is 1.92 bits per heavy atom. The summed E-state index contributed by atoms with van der Waals surface area (Å²) in [7, 11) is -7.75. The quantitative estimate of drug-likeness (QED) is 0.381. The minimum Gasteiger partial charge on any atom is -0.325 e. The molecule has 3 rings (SSSR count). The Bertz CT molecular complexity index is 1470. The van der Waals surface area contributed by atoms with Gasteiger partial charge in [-0.05, 0) is 67.9 Å². The standard InChI is InChI=1S/C26H30ClN3O5S2/c1-5-29(6-2)36(32,33)22-16-12-21(13-17-22)28-26(31)18-30(25-9-7-8-24(27)20(25)4)37(34,35)23-14-10-19(3)11-15-23/h7-17H,5-6,18H2,1-4H3,(H,28,31). The average Bonchev–Trinajstić information content (AvgIpc) is 2.85. The van der Waals surface area contributed by atoms with Crippen LogP contribution in [0.15, 0.2) is 76.5 Å². The minimum absolute atomic E-state index is 0.0382. The second kappa shape index (κ2) is 11.6. The molecule has 1 N–H and O–H groups in total. The molecule has 0 fully saturated rings. The van der Waals surface area contributed by atoms with Crippen molar-refractivity contribution < 1.29 is 21.6 Å². The fourth-order valence-corrected chi connectivity index (χ4v) is 6.86. The molecule has 0 aliphatic rings. The number of rotatable bonds is 10. The molecule has 0 atom stereocenters. The third kappa shape index (κ3) is 6.32. The van der Waals surface area contributed by atoms with Crippen molar-refractivity contribution >= 4 is 48.9 Å². The predicted molar refractivity (Wildman–Crippen MR) is 147 cm³/mol. The van der Waals surface area contributed by atoms with Crippen molar-refractivity contribution in [2.75, 3.05) is 29.3 Å². The number of carbonyl (C=O) groups excluding carboxylic acids is 1. The zero-order chi connectivity index (χ0) is 27.4. The zero-order valence-electron chi connectivity index (χ0n) is 21.1. The first-order chi connectivity index (χ1) is 17.4. The van der Waals surface area contributed by atoms with Crippen LogP contribution < -0.4 is 9.62 Å². The van der Waals surface area contributed by atoms with Gasteiger partial charge in [-0.15, -0.1) is 0 Å². The van der Waals surface area contributed by atoms with E-state index < -0.39 is 32.5 Å². The summed E-state index contributed by atoms with van der Waals surface area (Å²) in [4.78, 5) is 13.2. The highest BCUT2D eigenvalue weighted by Gasteiger charge is 2.29. The van der Waals surface area contributed by atoms with Gasteiger partial charge in [0.25, 0.3) is 10.0 Å². The van der Waals surface area contributed by atoms with Gasteiger partial charge in [-0.2, -0.15) is 4.31 Å². The van der Waals surface area contributed by atoms with Gasteiger partial charge in [0.2, 0.25) is 15.9 Å². The van der Waals surface area contributed by atoms with Crippen LogP contribution in [0.2, 0.25) is 5.02 Å². The molecule has 0 aliphatic carbocycles. The Morgan fingerprint density at radius 2 is 1.35 bits per heavy atom. The van der Waals surface area contributed by atoms with Crippen molar-refractivity contribution in [2.24, 2.45) is 0 Å². The van der Waals surface area contributed by atoms with Gasteiger partial charge in [0, 0.05) is 23.8 Å². The highest BCUT2D eigenvalue weighted by Crippen LogP contribution is 2.31. The molecule has 198 valence electrons. The van der Waals surface area contributed by atoms with Gasteiger partial charge in [-0.3, -0.25) is 9.10 Å². The summed E-state index contributed by atoms with van der Waals surface area (Å²) < 4.78 is 55.0. The van der Waals surface area contributed by atoms with Gasteiger partial charge in [0.15, 0.2) is 0 Å². The molecule has 0 spiro atoms. The zero-order valence-corrected chi connectivity index (χ0v) is 23.5. The summed E-state index contributed by atoms with van der Waals surface area (Å²) >= 11 is 6.26. The molecular formula is C26H30ClN3O5S2. The lowest BCUT2D eigenvalue weighted by molar-refractivity contribution is -0.114. The summed E-state index contributed by atoms with van der Waals surface area (Å²) in [6.45, 7) is 7.21. The second-order valence-electron chi connectivity index (χ2n) is 8.37. The van der Waals surface area contributed by atoms with Crippen molar-refractivity contribution in [1.29, 1.82) is 0 Å². The molecule has 0 heterocycles. The highest BCUT2D eigenvalue weighted by molar-refractivity contribution is 7.92. The molecule has 0 bridgehead atoms. The van der Waals surface area contributed by atoms with Gasteiger partial charge >= 0.3 is 0 Å². The Balaban J connectivity index is 1.90. The number of hydrogen-bond acceptors (Lipinski definition) is 5. The molecule has 0 aliphatic heterocycles.